The molecule has 2 rings (SSSR count). The van der Waals surface area contributed by atoms with Gasteiger partial charge in [0.2, 0.25) is 5.89 Å². The molecule has 0 aromatic carbocycles. The Morgan fingerprint density at radius 2 is 2.12 bits per heavy atom. The molecule has 1 aromatic rings. The van der Waals surface area contributed by atoms with E-state index in [9.17, 15) is 0 Å². The molecule has 1 N–H and O–H groups in total. The van der Waals surface area contributed by atoms with Crippen LogP contribution in [0.25, 0.3) is 0 Å². The van der Waals surface area contributed by atoms with Gasteiger partial charge in [-0.05, 0) is 25.8 Å². The van der Waals surface area contributed by atoms with Crippen LogP contribution < -0.4 is 5.32 Å². The van der Waals surface area contributed by atoms with Crippen molar-refractivity contribution < 1.29 is 4.52 Å². The summed E-state index contributed by atoms with van der Waals surface area (Å²) in [7, 11) is 2.00. The van der Waals surface area contributed by atoms with Crippen molar-refractivity contribution in [3.63, 3.8) is 0 Å². The van der Waals surface area contributed by atoms with Crippen molar-refractivity contribution in [2.75, 3.05) is 7.05 Å². The van der Waals surface area contributed by atoms with Gasteiger partial charge in [0.1, 0.15) is 0 Å². The Kier molecular flexibility index (Phi) is 3.02. The summed E-state index contributed by atoms with van der Waals surface area (Å²) in [5.74, 6) is 2.36. The Labute approximate surface area is 96.8 Å². The van der Waals surface area contributed by atoms with Crippen LogP contribution >= 0.6 is 0 Å². The lowest BCUT2D eigenvalue weighted by Gasteiger charge is -2.12. The molecular formula is C12H21N3O. The summed E-state index contributed by atoms with van der Waals surface area (Å²) in [6.45, 7) is 6.29. The first kappa shape index (κ1) is 11.6. The highest BCUT2D eigenvalue weighted by Crippen LogP contribution is 2.33. The van der Waals surface area contributed by atoms with E-state index in [0.29, 0.717) is 6.04 Å². The van der Waals surface area contributed by atoms with Crippen LogP contribution in [0.2, 0.25) is 0 Å². The summed E-state index contributed by atoms with van der Waals surface area (Å²) in [6.07, 6.45) is 3.50. The molecule has 90 valence electrons. The maximum atomic E-state index is 5.30. The van der Waals surface area contributed by atoms with E-state index in [-0.39, 0.29) is 5.41 Å². The molecular weight excluding hydrogens is 202 g/mol. The second kappa shape index (κ2) is 4.17. The van der Waals surface area contributed by atoms with Gasteiger partial charge in [0.15, 0.2) is 5.82 Å². The van der Waals surface area contributed by atoms with E-state index in [1.54, 1.807) is 0 Å². The third kappa shape index (κ3) is 2.61. The van der Waals surface area contributed by atoms with Crippen LogP contribution in [0.4, 0.5) is 0 Å². The van der Waals surface area contributed by atoms with Crippen LogP contribution in [-0.2, 0) is 11.8 Å². The number of rotatable bonds is 4. The van der Waals surface area contributed by atoms with Gasteiger partial charge >= 0.3 is 0 Å². The standard InChI is InChI=1S/C12H21N3O/c1-12(2,3)11-14-10(16-15-11)7-9(13-4)8-5-6-8/h8-9,13H,5-7H2,1-4H3. The smallest absolute Gasteiger partial charge is 0.228 e. The van der Waals surface area contributed by atoms with Crippen molar-refractivity contribution in [1.82, 2.24) is 15.5 Å². The Balaban J connectivity index is 2.01. The number of hydrogen-bond donors (Lipinski definition) is 1. The normalized spacial score (nSPS) is 18.8. The van der Waals surface area contributed by atoms with Crippen molar-refractivity contribution in [2.24, 2.45) is 5.92 Å². The maximum Gasteiger partial charge on any atom is 0.228 e. The molecule has 4 nitrogen and oxygen atoms in total. The monoisotopic (exact) mass is 223 g/mol. The molecule has 4 heteroatoms. The molecule has 1 atom stereocenters. The van der Waals surface area contributed by atoms with Gasteiger partial charge in [-0.25, -0.2) is 0 Å². The van der Waals surface area contributed by atoms with E-state index >= 15 is 0 Å². The van der Waals surface area contributed by atoms with Crippen molar-refractivity contribution >= 4 is 0 Å². The zero-order chi connectivity index (χ0) is 11.8. The summed E-state index contributed by atoms with van der Waals surface area (Å²) in [5, 5.41) is 7.37. The van der Waals surface area contributed by atoms with Gasteiger partial charge < -0.3 is 9.84 Å². The zero-order valence-electron chi connectivity index (χ0n) is 10.6. The highest BCUT2D eigenvalue weighted by atomic mass is 16.5. The molecule has 1 fully saturated rings. The van der Waals surface area contributed by atoms with E-state index in [0.717, 1.165) is 24.1 Å². The van der Waals surface area contributed by atoms with Gasteiger partial charge in [-0.15, -0.1) is 0 Å². The summed E-state index contributed by atoms with van der Waals surface area (Å²) in [4.78, 5) is 4.46. The number of nitrogens with zero attached hydrogens (tertiary/aromatic N) is 2. The van der Waals surface area contributed by atoms with Crippen LogP contribution in [0.15, 0.2) is 4.52 Å². The minimum absolute atomic E-state index is 0.0313. The van der Waals surface area contributed by atoms with Gasteiger partial charge in [-0.1, -0.05) is 25.9 Å². The van der Waals surface area contributed by atoms with Crippen LogP contribution in [0, 0.1) is 5.92 Å². The van der Waals surface area contributed by atoms with E-state index in [4.69, 9.17) is 4.52 Å². The molecule has 0 aliphatic heterocycles. The van der Waals surface area contributed by atoms with Gasteiger partial charge in [0.25, 0.3) is 0 Å². The first-order chi connectivity index (χ1) is 7.50. The average molecular weight is 223 g/mol. The lowest BCUT2D eigenvalue weighted by Crippen LogP contribution is -2.29. The van der Waals surface area contributed by atoms with Crippen LogP contribution in [-0.4, -0.2) is 23.2 Å². The summed E-state index contributed by atoms with van der Waals surface area (Å²) < 4.78 is 5.30. The van der Waals surface area contributed by atoms with Gasteiger partial charge in [0.05, 0.1) is 0 Å². The molecule has 1 aliphatic carbocycles. The molecule has 0 spiro atoms. The Morgan fingerprint density at radius 1 is 1.44 bits per heavy atom. The lowest BCUT2D eigenvalue weighted by molar-refractivity contribution is 0.342. The van der Waals surface area contributed by atoms with Crippen LogP contribution in [0.1, 0.15) is 45.3 Å². The second-order valence-electron chi connectivity index (χ2n) is 5.70. The van der Waals surface area contributed by atoms with Crippen LogP contribution in [0.3, 0.4) is 0 Å². The fourth-order valence-corrected chi connectivity index (χ4v) is 1.83. The Bertz CT molecular complexity index is 349. The number of aromatic nitrogens is 2. The highest BCUT2D eigenvalue weighted by Gasteiger charge is 2.32. The van der Waals surface area contributed by atoms with E-state index in [2.05, 4.69) is 36.2 Å². The molecule has 1 aromatic heterocycles. The Morgan fingerprint density at radius 3 is 2.56 bits per heavy atom. The quantitative estimate of drug-likeness (QED) is 0.847. The van der Waals surface area contributed by atoms with Crippen molar-refractivity contribution in [3.8, 4) is 0 Å². The zero-order valence-corrected chi connectivity index (χ0v) is 10.6. The first-order valence-electron chi connectivity index (χ1n) is 6.01. The minimum atomic E-state index is -0.0313. The molecule has 1 unspecified atom stereocenters. The summed E-state index contributed by atoms with van der Waals surface area (Å²) in [5.41, 5.74) is -0.0313. The predicted octanol–water partition coefficient (Wildman–Crippen LogP) is 1.91. The molecule has 0 amide bonds. The van der Waals surface area contributed by atoms with Gasteiger partial charge in [-0.2, -0.15) is 4.98 Å². The van der Waals surface area contributed by atoms with E-state index in [1.165, 1.54) is 12.8 Å². The maximum absolute atomic E-state index is 5.30. The minimum Gasteiger partial charge on any atom is -0.339 e. The third-order valence-electron chi connectivity index (χ3n) is 3.10. The van der Waals surface area contributed by atoms with E-state index in [1.807, 2.05) is 7.05 Å². The van der Waals surface area contributed by atoms with Crippen LogP contribution in [0.5, 0.6) is 0 Å². The number of hydrogen-bond acceptors (Lipinski definition) is 4. The predicted molar refractivity (Wildman–Crippen MR) is 62.3 cm³/mol. The fourth-order valence-electron chi connectivity index (χ4n) is 1.83. The fraction of sp³-hybridized carbons (Fsp3) is 0.833. The van der Waals surface area contributed by atoms with Crippen molar-refractivity contribution in [3.05, 3.63) is 11.7 Å². The average Bonchev–Trinajstić information content (AvgIpc) is 2.92. The summed E-state index contributed by atoms with van der Waals surface area (Å²) in [6, 6.07) is 0.494. The third-order valence-corrected chi connectivity index (χ3v) is 3.10. The largest absolute Gasteiger partial charge is 0.339 e. The molecule has 0 radical (unpaired) electrons. The second-order valence-corrected chi connectivity index (χ2v) is 5.70. The van der Waals surface area contributed by atoms with Gasteiger partial charge in [-0.3, -0.25) is 0 Å². The molecule has 0 bridgehead atoms. The molecule has 1 saturated carbocycles. The van der Waals surface area contributed by atoms with Gasteiger partial charge in [0, 0.05) is 17.9 Å². The lowest BCUT2D eigenvalue weighted by atomic mass is 9.96. The summed E-state index contributed by atoms with van der Waals surface area (Å²) >= 11 is 0. The topological polar surface area (TPSA) is 51.0 Å². The Hall–Kier alpha value is -0.900. The molecule has 0 saturated heterocycles. The van der Waals surface area contributed by atoms with Crippen molar-refractivity contribution in [2.45, 2.75) is 51.5 Å². The molecule has 16 heavy (non-hydrogen) atoms. The highest BCUT2D eigenvalue weighted by molar-refractivity contribution is 5.01. The molecule has 1 aliphatic rings. The number of nitrogens with one attached hydrogen (secondary N) is 1. The van der Waals surface area contributed by atoms with Crippen molar-refractivity contribution in [1.29, 1.82) is 0 Å². The first-order valence-corrected chi connectivity index (χ1v) is 6.01. The SMILES string of the molecule is CNC(Cc1nc(C(C)(C)C)no1)C1CC1. The number of likely N-dealkylation sites (N-methyl/N-ethyl adjacent to an activating group) is 1. The van der Waals surface area contributed by atoms with E-state index < -0.39 is 0 Å². The molecule has 1 heterocycles.